The molecule has 0 saturated carbocycles. The van der Waals surface area contributed by atoms with E-state index in [0.717, 1.165) is 32.4 Å². The number of likely N-dealkylation sites (N-methyl/N-ethyl adjacent to an activating group) is 1. The molecule has 0 radical (unpaired) electrons. The summed E-state index contributed by atoms with van der Waals surface area (Å²) in [6, 6.07) is 10.2. The summed E-state index contributed by atoms with van der Waals surface area (Å²) in [5.74, 6) is 0.0838. The monoisotopic (exact) mass is 289 g/mol. The smallest absolute Gasteiger partial charge is 0.239 e. The molecule has 0 bridgehead atoms. The van der Waals surface area contributed by atoms with Crippen LogP contribution in [0.2, 0.25) is 0 Å². The SMILES string of the molecule is CN1CCC(N(C)C(=O)C(N)CCc2ccccc2)CC1. The van der Waals surface area contributed by atoms with Gasteiger partial charge in [-0.05, 0) is 51.4 Å². The van der Waals surface area contributed by atoms with E-state index in [-0.39, 0.29) is 5.91 Å². The summed E-state index contributed by atoms with van der Waals surface area (Å²) < 4.78 is 0. The van der Waals surface area contributed by atoms with Gasteiger partial charge in [-0.15, -0.1) is 0 Å². The van der Waals surface area contributed by atoms with E-state index in [0.29, 0.717) is 12.5 Å². The molecule has 0 aromatic heterocycles. The van der Waals surface area contributed by atoms with Crippen LogP contribution in [0.1, 0.15) is 24.8 Å². The van der Waals surface area contributed by atoms with Gasteiger partial charge < -0.3 is 15.5 Å². The Kier molecular flexibility index (Phi) is 5.76. The number of nitrogens with zero attached hydrogens (tertiary/aromatic N) is 2. The third kappa shape index (κ3) is 4.55. The number of amides is 1. The quantitative estimate of drug-likeness (QED) is 0.893. The maximum absolute atomic E-state index is 12.4. The van der Waals surface area contributed by atoms with Crippen molar-refractivity contribution >= 4 is 5.91 Å². The Labute approximate surface area is 127 Å². The van der Waals surface area contributed by atoms with Crippen molar-refractivity contribution in [3.05, 3.63) is 35.9 Å². The lowest BCUT2D eigenvalue weighted by Gasteiger charge is -2.36. The predicted molar refractivity (Wildman–Crippen MR) is 86.0 cm³/mol. The molecule has 1 aliphatic heterocycles. The molecule has 116 valence electrons. The van der Waals surface area contributed by atoms with Crippen molar-refractivity contribution in [1.82, 2.24) is 9.80 Å². The number of nitrogens with two attached hydrogens (primary N) is 1. The molecule has 1 unspecified atom stereocenters. The highest BCUT2D eigenvalue weighted by Gasteiger charge is 2.26. The third-order valence-electron chi connectivity index (χ3n) is 4.49. The molecule has 1 amide bonds. The number of aryl methyl sites for hydroxylation is 1. The van der Waals surface area contributed by atoms with Gasteiger partial charge in [0.25, 0.3) is 0 Å². The minimum atomic E-state index is -0.394. The molecule has 1 saturated heterocycles. The van der Waals surface area contributed by atoms with E-state index in [4.69, 9.17) is 5.73 Å². The van der Waals surface area contributed by atoms with Gasteiger partial charge in [0.05, 0.1) is 6.04 Å². The van der Waals surface area contributed by atoms with Crippen LogP contribution >= 0.6 is 0 Å². The number of carbonyl (C=O) groups is 1. The maximum Gasteiger partial charge on any atom is 0.239 e. The van der Waals surface area contributed by atoms with Gasteiger partial charge in [0.2, 0.25) is 5.91 Å². The van der Waals surface area contributed by atoms with Crippen LogP contribution in [-0.2, 0) is 11.2 Å². The van der Waals surface area contributed by atoms with Crippen molar-refractivity contribution in [3.63, 3.8) is 0 Å². The molecule has 1 fully saturated rings. The first-order valence-corrected chi connectivity index (χ1v) is 7.82. The molecule has 0 spiro atoms. The molecule has 4 heteroatoms. The Bertz CT molecular complexity index is 441. The average Bonchev–Trinajstić information content (AvgIpc) is 2.53. The van der Waals surface area contributed by atoms with E-state index in [2.05, 4.69) is 24.1 Å². The van der Waals surface area contributed by atoms with E-state index in [1.807, 2.05) is 30.1 Å². The number of benzene rings is 1. The number of hydrogen-bond donors (Lipinski definition) is 1. The first-order chi connectivity index (χ1) is 10.1. The van der Waals surface area contributed by atoms with Crippen molar-refractivity contribution in [2.75, 3.05) is 27.2 Å². The molecule has 1 aromatic carbocycles. The fourth-order valence-electron chi connectivity index (χ4n) is 2.91. The molecular formula is C17H27N3O. The van der Waals surface area contributed by atoms with E-state index in [1.54, 1.807) is 0 Å². The normalized spacial score (nSPS) is 18.4. The summed E-state index contributed by atoms with van der Waals surface area (Å²) in [7, 11) is 4.03. The molecular weight excluding hydrogens is 262 g/mol. The summed E-state index contributed by atoms with van der Waals surface area (Å²) >= 11 is 0. The Morgan fingerprint density at radius 3 is 2.57 bits per heavy atom. The zero-order chi connectivity index (χ0) is 15.2. The minimum Gasteiger partial charge on any atom is -0.341 e. The van der Waals surface area contributed by atoms with Gasteiger partial charge in [0.1, 0.15) is 0 Å². The first kappa shape index (κ1) is 16.0. The second-order valence-corrected chi connectivity index (χ2v) is 6.11. The van der Waals surface area contributed by atoms with Gasteiger partial charge in [-0.1, -0.05) is 30.3 Å². The Morgan fingerprint density at radius 2 is 1.95 bits per heavy atom. The summed E-state index contributed by atoms with van der Waals surface area (Å²) in [6.45, 7) is 2.11. The van der Waals surface area contributed by atoms with E-state index < -0.39 is 6.04 Å². The topological polar surface area (TPSA) is 49.6 Å². The highest BCUT2D eigenvalue weighted by molar-refractivity contribution is 5.81. The largest absolute Gasteiger partial charge is 0.341 e. The molecule has 1 heterocycles. The highest BCUT2D eigenvalue weighted by Crippen LogP contribution is 2.15. The highest BCUT2D eigenvalue weighted by atomic mass is 16.2. The number of piperidine rings is 1. The van der Waals surface area contributed by atoms with Crippen molar-refractivity contribution in [2.45, 2.75) is 37.8 Å². The lowest BCUT2D eigenvalue weighted by atomic mass is 10.0. The van der Waals surface area contributed by atoms with Gasteiger partial charge >= 0.3 is 0 Å². The van der Waals surface area contributed by atoms with Crippen LogP contribution in [0.3, 0.4) is 0 Å². The van der Waals surface area contributed by atoms with Crippen LogP contribution in [0, 0.1) is 0 Å². The summed E-state index contributed by atoms with van der Waals surface area (Å²) in [5, 5.41) is 0. The lowest BCUT2D eigenvalue weighted by molar-refractivity contribution is -0.134. The van der Waals surface area contributed by atoms with Crippen LogP contribution in [-0.4, -0.2) is 55.0 Å². The van der Waals surface area contributed by atoms with Crippen LogP contribution in [0.5, 0.6) is 0 Å². The number of hydrogen-bond acceptors (Lipinski definition) is 3. The zero-order valence-corrected chi connectivity index (χ0v) is 13.2. The van der Waals surface area contributed by atoms with Gasteiger partial charge in [-0.2, -0.15) is 0 Å². The molecule has 4 nitrogen and oxygen atoms in total. The Balaban J connectivity index is 1.81. The van der Waals surface area contributed by atoms with E-state index in [9.17, 15) is 4.79 Å². The second kappa shape index (κ2) is 7.57. The molecule has 0 aliphatic carbocycles. The van der Waals surface area contributed by atoms with Crippen LogP contribution in [0.25, 0.3) is 0 Å². The van der Waals surface area contributed by atoms with Crippen LogP contribution in [0.15, 0.2) is 30.3 Å². The van der Waals surface area contributed by atoms with Gasteiger partial charge in [-0.25, -0.2) is 0 Å². The lowest BCUT2D eigenvalue weighted by Crippen LogP contribution is -2.50. The summed E-state index contributed by atoms with van der Waals surface area (Å²) in [5.41, 5.74) is 7.34. The van der Waals surface area contributed by atoms with E-state index in [1.165, 1.54) is 5.56 Å². The minimum absolute atomic E-state index is 0.0838. The van der Waals surface area contributed by atoms with Gasteiger partial charge in [-0.3, -0.25) is 4.79 Å². The molecule has 2 N–H and O–H groups in total. The molecule has 1 aromatic rings. The van der Waals surface area contributed by atoms with Crippen LogP contribution in [0.4, 0.5) is 0 Å². The van der Waals surface area contributed by atoms with E-state index >= 15 is 0 Å². The van der Waals surface area contributed by atoms with Crippen molar-refractivity contribution in [2.24, 2.45) is 5.73 Å². The van der Waals surface area contributed by atoms with Crippen molar-refractivity contribution < 1.29 is 4.79 Å². The predicted octanol–water partition coefficient (Wildman–Crippen LogP) is 1.50. The second-order valence-electron chi connectivity index (χ2n) is 6.11. The Morgan fingerprint density at radius 1 is 1.33 bits per heavy atom. The standard InChI is InChI=1S/C17H27N3O/c1-19-12-10-15(11-13-19)20(2)17(21)16(18)9-8-14-6-4-3-5-7-14/h3-7,15-16H,8-13,18H2,1-2H3. The average molecular weight is 289 g/mol. The fourth-order valence-corrected chi connectivity index (χ4v) is 2.91. The number of carbonyl (C=O) groups excluding carboxylic acids is 1. The van der Waals surface area contributed by atoms with Crippen molar-refractivity contribution in [3.8, 4) is 0 Å². The number of likely N-dealkylation sites (tertiary alicyclic amines) is 1. The molecule has 1 atom stereocenters. The fraction of sp³-hybridized carbons (Fsp3) is 0.588. The third-order valence-corrected chi connectivity index (χ3v) is 4.49. The summed E-state index contributed by atoms with van der Waals surface area (Å²) in [6.07, 6.45) is 3.66. The number of rotatable bonds is 5. The molecule has 21 heavy (non-hydrogen) atoms. The zero-order valence-electron chi connectivity index (χ0n) is 13.2. The van der Waals surface area contributed by atoms with Crippen molar-refractivity contribution in [1.29, 1.82) is 0 Å². The van der Waals surface area contributed by atoms with Crippen LogP contribution < -0.4 is 5.73 Å². The van der Waals surface area contributed by atoms with Gasteiger partial charge in [0.15, 0.2) is 0 Å². The maximum atomic E-state index is 12.4. The first-order valence-electron chi connectivity index (χ1n) is 7.82. The summed E-state index contributed by atoms with van der Waals surface area (Å²) in [4.78, 5) is 16.6. The molecule has 2 rings (SSSR count). The Hall–Kier alpha value is -1.39. The van der Waals surface area contributed by atoms with Gasteiger partial charge in [0, 0.05) is 13.1 Å². The molecule has 1 aliphatic rings.